The first kappa shape index (κ1) is 24.1. The van der Waals surface area contributed by atoms with Gasteiger partial charge >= 0.3 is 11.9 Å². The number of hydrogen-bond donors (Lipinski definition) is 1. The number of nitro groups is 1. The molecule has 1 aliphatic rings. The number of benzene rings is 3. The van der Waals surface area contributed by atoms with Crippen molar-refractivity contribution in [2.24, 2.45) is 5.92 Å². The molecule has 2 heterocycles. The van der Waals surface area contributed by atoms with Crippen LogP contribution < -0.4 is 4.74 Å². The minimum absolute atomic E-state index is 0.00699. The molecule has 1 N–H and O–H groups in total. The summed E-state index contributed by atoms with van der Waals surface area (Å²) in [5, 5.41) is 11.9. The van der Waals surface area contributed by atoms with Gasteiger partial charge in [0.15, 0.2) is 5.92 Å². The zero-order chi connectivity index (χ0) is 26.2. The highest BCUT2D eigenvalue weighted by Gasteiger charge is 2.48. The third-order valence-corrected chi connectivity index (χ3v) is 6.26. The fourth-order valence-corrected chi connectivity index (χ4v) is 4.60. The molecule has 1 atom stereocenters. The molecule has 3 aromatic carbocycles. The highest BCUT2D eigenvalue weighted by atomic mass is 16.7. The van der Waals surface area contributed by atoms with Crippen molar-refractivity contribution in [3.05, 3.63) is 106 Å². The van der Waals surface area contributed by atoms with Gasteiger partial charge in [0.2, 0.25) is 0 Å². The van der Waals surface area contributed by atoms with Crippen LogP contribution in [0.2, 0.25) is 0 Å². The zero-order valence-corrected chi connectivity index (χ0v) is 20.2. The molecular weight excluding hydrogens is 476 g/mol. The second-order valence-electron chi connectivity index (χ2n) is 9.27. The van der Waals surface area contributed by atoms with E-state index in [9.17, 15) is 19.7 Å². The fraction of sp³-hybridized carbons (Fsp3) is 0.214. The third kappa shape index (κ3) is 4.88. The Morgan fingerprint density at radius 3 is 2.41 bits per heavy atom. The monoisotopic (exact) mass is 500 g/mol. The van der Waals surface area contributed by atoms with Gasteiger partial charge in [-0.1, -0.05) is 42.5 Å². The van der Waals surface area contributed by atoms with Crippen molar-refractivity contribution >= 4 is 28.5 Å². The second-order valence-corrected chi connectivity index (χ2v) is 9.27. The predicted octanol–water partition coefficient (Wildman–Crippen LogP) is 5.24. The Kier molecular flexibility index (Phi) is 6.12. The van der Waals surface area contributed by atoms with E-state index in [-0.39, 0.29) is 12.3 Å². The van der Waals surface area contributed by atoms with Crippen LogP contribution in [0.15, 0.2) is 79.0 Å². The number of nitrogens with zero attached hydrogens (tertiary/aromatic N) is 1. The van der Waals surface area contributed by atoms with Crippen LogP contribution in [0.5, 0.6) is 5.75 Å². The number of aromatic amines is 1. The smallest absolute Gasteiger partial charge is 0.324 e. The molecule has 37 heavy (non-hydrogen) atoms. The van der Waals surface area contributed by atoms with Crippen molar-refractivity contribution in [2.45, 2.75) is 32.2 Å². The SMILES string of the molecule is CC1(C)OC(=O)C([C@@H](c2ccc(OCc3cccc([N+](=O)[O-])c3)cc2)c2c[nH]c3ccccc23)C(=O)O1. The molecule has 1 fully saturated rings. The van der Waals surface area contributed by atoms with E-state index in [0.717, 1.165) is 16.5 Å². The van der Waals surface area contributed by atoms with Gasteiger partial charge < -0.3 is 19.2 Å². The van der Waals surface area contributed by atoms with E-state index in [1.165, 1.54) is 26.0 Å². The minimum Gasteiger partial charge on any atom is -0.489 e. The van der Waals surface area contributed by atoms with Gasteiger partial charge in [-0.3, -0.25) is 19.7 Å². The summed E-state index contributed by atoms with van der Waals surface area (Å²) < 4.78 is 16.7. The van der Waals surface area contributed by atoms with Gasteiger partial charge in [-0.15, -0.1) is 0 Å². The number of ether oxygens (including phenoxy) is 3. The Balaban J connectivity index is 1.46. The summed E-state index contributed by atoms with van der Waals surface area (Å²) in [7, 11) is 0. The van der Waals surface area contributed by atoms with Crippen LogP contribution in [0.4, 0.5) is 5.69 Å². The zero-order valence-electron chi connectivity index (χ0n) is 20.2. The molecule has 188 valence electrons. The number of aromatic nitrogens is 1. The Morgan fingerprint density at radius 2 is 1.70 bits per heavy atom. The number of carbonyl (C=O) groups excluding carboxylic acids is 2. The molecule has 0 aliphatic carbocycles. The summed E-state index contributed by atoms with van der Waals surface area (Å²) in [5.74, 6) is -3.96. The Labute approximate surface area is 212 Å². The first-order valence-corrected chi connectivity index (χ1v) is 11.7. The van der Waals surface area contributed by atoms with Crippen molar-refractivity contribution in [3.8, 4) is 5.75 Å². The number of rotatable bonds is 7. The van der Waals surface area contributed by atoms with Crippen LogP contribution in [0.3, 0.4) is 0 Å². The number of fused-ring (bicyclic) bond motifs is 1. The number of nitro benzene ring substituents is 1. The van der Waals surface area contributed by atoms with Crippen LogP contribution >= 0.6 is 0 Å². The number of cyclic esters (lactones) is 2. The summed E-state index contributed by atoms with van der Waals surface area (Å²) in [4.78, 5) is 39.9. The largest absolute Gasteiger partial charge is 0.489 e. The van der Waals surface area contributed by atoms with Gasteiger partial charge in [-0.05, 0) is 34.9 Å². The van der Waals surface area contributed by atoms with E-state index in [0.29, 0.717) is 16.9 Å². The summed E-state index contributed by atoms with van der Waals surface area (Å²) >= 11 is 0. The van der Waals surface area contributed by atoms with Gasteiger partial charge in [0.05, 0.1) is 4.92 Å². The third-order valence-electron chi connectivity index (χ3n) is 6.26. The molecule has 1 aliphatic heterocycles. The topological polar surface area (TPSA) is 121 Å². The van der Waals surface area contributed by atoms with E-state index >= 15 is 0 Å². The van der Waals surface area contributed by atoms with Crippen LogP contribution in [-0.2, 0) is 25.7 Å². The van der Waals surface area contributed by atoms with E-state index < -0.39 is 34.5 Å². The maximum absolute atomic E-state index is 13.1. The van der Waals surface area contributed by atoms with Crippen molar-refractivity contribution < 1.29 is 28.7 Å². The number of non-ortho nitro benzene ring substituents is 1. The van der Waals surface area contributed by atoms with Gasteiger partial charge in [-0.2, -0.15) is 0 Å². The molecule has 0 bridgehead atoms. The van der Waals surface area contributed by atoms with Crippen molar-refractivity contribution in [2.75, 3.05) is 0 Å². The van der Waals surface area contributed by atoms with Crippen molar-refractivity contribution in [1.82, 2.24) is 4.98 Å². The molecule has 9 heteroatoms. The highest BCUT2D eigenvalue weighted by molar-refractivity contribution is 5.99. The number of H-pyrrole nitrogens is 1. The Hall–Kier alpha value is -4.66. The lowest BCUT2D eigenvalue weighted by Crippen LogP contribution is -2.48. The molecule has 9 nitrogen and oxygen atoms in total. The van der Waals surface area contributed by atoms with Gasteiger partial charge in [0, 0.05) is 49.0 Å². The highest BCUT2D eigenvalue weighted by Crippen LogP contribution is 2.41. The van der Waals surface area contributed by atoms with Crippen LogP contribution in [-0.4, -0.2) is 27.6 Å². The van der Waals surface area contributed by atoms with Crippen molar-refractivity contribution in [3.63, 3.8) is 0 Å². The van der Waals surface area contributed by atoms with Gasteiger partial charge in [0.1, 0.15) is 12.4 Å². The van der Waals surface area contributed by atoms with Gasteiger partial charge in [-0.25, -0.2) is 0 Å². The Morgan fingerprint density at radius 1 is 1.00 bits per heavy atom. The normalized spacial score (nSPS) is 16.2. The number of hydrogen-bond acceptors (Lipinski definition) is 7. The number of nitrogens with one attached hydrogen (secondary N) is 1. The molecular formula is C28H24N2O7. The molecule has 5 rings (SSSR count). The summed E-state index contributed by atoms with van der Waals surface area (Å²) in [5.41, 5.74) is 2.99. The predicted molar refractivity (Wildman–Crippen MR) is 134 cm³/mol. The number of carbonyl (C=O) groups is 2. The summed E-state index contributed by atoms with van der Waals surface area (Å²) in [6, 6.07) is 20.9. The lowest BCUT2D eigenvalue weighted by Gasteiger charge is -2.36. The summed E-state index contributed by atoms with van der Waals surface area (Å²) in [6.07, 6.45) is 1.79. The molecule has 0 amide bonds. The average Bonchev–Trinajstić information content (AvgIpc) is 3.29. The molecule has 4 aromatic rings. The first-order valence-electron chi connectivity index (χ1n) is 11.7. The van der Waals surface area contributed by atoms with Crippen LogP contribution in [0.25, 0.3) is 10.9 Å². The lowest BCUT2D eigenvalue weighted by molar-refractivity contribution is -0.384. The van der Waals surface area contributed by atoms with E-state index in [2.05, 4.69) is 4.98 Å². The molecule has 1 saturated heterocycles. The molecule has 0 radical (unpaired) electrons. The number of para-hydroxylation sites is 1. The maximum Gasteiger partial charge on any atom is 0.324 e. The fourth-order valence-electron chi connectivity index (χ4n) is 4.60. The quantitative estimate of drug-likeness (QED) is 0.159. The number of esters is 2. The van der Waals surface area contributed by atoms with E-state index in [1.54, 1.807) is 42.6 Å². The molecule has 0 spiro atoms. The molecule has 1 aromatic heterocycles. The molecule has 0 unspecified atom stereocenters. The Bertz CT molecular complexity index is 1470. The first-order chi connectivity index (χ1) is 17.7. The van der Waals surface area contributed by atoms with Crippen LogP contribution in [0.1, 0.15) is 36.5 Å². The maximum atomic E-state index is 13.1. The lowest BCUT2D eigenvalue weighted by atomic mass is 9.80. The van der Waals surface area contributed by atoms with Gasteiger partial charge in [0.25, 0.3) is 11.5 Å². The summed E-state index contributed by atoms with van der Waals surface area (Å²) in [6.45, 7) is 3.18. The second kappa shape index (κ2) is 9.42. The molecule has 0 saturated carbocycles. The minimum atomic E-state index is -1.33. The van der Waals surface area contributed by atoms with Crippen molar-refractivity contribution in [1.29, 1.82) is 0 Å². The standard InChI is InChI=1S/C28H24N2O7/c1-28(2)36-26(31)25(27(32)37-28)24(22-15-29-23-9-4-3-8-21(22)23)18-10-12-20(13-11-18)35-16-17-6-5-7-19(14-17)30(33)34/h3-15,24-25,29H,16H2,1-2H3/t24-/m0/s1. The average molecular weight is 501 g/mol. The van der Waals surface area contributed by atoms with E-state index in [1.807, 2.05) is 24.3 Å². The van der Waals surface area contributed by atoms with Crippen LogP contribution in [0, 0.1) is 16.0 Å². The van der Waals surface area contributed by atoms with E-state index in [4.69, 9.17) is 14.2 Å².